The van der Waals surface area contributed by atoms with E-state index in [-0.39, 0.29) is 12.5 Å². The SMILES string of the molecule is CCCCCCCCCCCCCCCCCCCCCC/C=C/CC/C=C/CC/C=C/C(O)C(CO)NC(=O)CCCCCCCCCCCCCCCCCCCCCCCCCCCC. The van der Waals surface area contributed by atoms with Gasteiger partial charge in [0.1, 0.15) is 0 Å². The highest BCUT2D eigenvalue weighted by Crippen LogP contribution is 2.18. The summed E-state index contributed by atoms with van der Waals surface area (Å²) in [5, 5.41) is 23.2. The van der Waals surface area contributed by atoms with Crippen molar-refractivity contribution in [2.24, 2.45) is 0 Å². The van der Waals surface area contributed by atoms with Crippen LogP contribution in [0.15, 0.2) is 36.5 Å². The van der Waals surface area contributed by atoms with E-state index in [1.165, 1.54) is 289 Å². The first-order chi connectivity index (χ1) is 33.7. The van der Waals surface area contributed by atoms with Gasteiger partial charge in [-0.3, -0.25) is 4.79 Å². The molecular weight excluding hydrogens is 831 g/mol. The molecule has 0 aromatic carbocycles. The number of hydrogen-bond acceptors (Lipinski definition) is 3. The smallest absolute Gasteiger partial charge is 0.220 e. The number of allylic oxidation sites excluding steroid dienone is 5. The van der Waals surface area contributed by atoms with Gasteiger partial charge in [0.2, 0.25) is 5.91 Å². The standard InChI is InChI=1S/C64H123NO3/c1-3-5-7-9-11-13-15-17-19-21-23-25-27-29-31-32-33-34-35-37-39-41-43-45-47-49-51-53-55-57-59-63(67)62(61-66)65-64(68)60-58-56-54-52-50-48-46-44-42-40-38-36-30-28-26-24-22-20-18-16-14-12-10-8-6-4-2/h41,43,49,51,57,59,62-63,66-67H,3-40,42,44-48,50,52-56,58,60-61H2,1-2H3,(H,65,68)/b43-41+,51-49+,59-57+. The van der Waals surface area contributed by atoms with Gasteiger partial charge in [-0.15, -0.1) is 0 Å². The minimum atomic E-state index is -0.870. The molecule has 0 aliphatic rings. The van der Waals surface area contributed by atoms with Crippen molar-refractivity contribution in [2.45, 2.75) is 360 Å². The molecule has 4 heteroatoms. The molecule has 0 aromatic rings. The first kappa shape index (κ1) is 66.6. The number of aliphatic hydroxyl groups excluding tert-OH is 2. The van der Waals surface area contributed by atoms with E-state index in [1.54, 1.807) is 6.08 Å². The summed E-state index contributed by atoms with van der Waals surface area (Å²) in [4.78, 5) is 12.5. The quantitative estimate of drug-likeness (QED) is 0.0420. The van der Waals surface area contributed by atoms with E-state index in [2.05, 4.69) is 43.5 Å². The van der Waals surface area contributed by atoms with Gasteiger partial charge < -0.3 is 15.5 Å². The van der Waals surface area contributed by atoms with Crippen LogP contribution in [0.5, 0.6) is 0 Å². The minimum Gasteiger partial charge on any atom is -0.394 e. The van der Waals surface area contributed by atoms with Crippen molar-refractivity contribution in [3.8, 4) is 0 Å². The van der Waals surface area contributed by atoms with Crippen molar-refractivity contribution < 1.29 is 15.0 Å². The number of carbonyl (C=O) groups excluding carboxylic acids is 1. The molecule has 0 saturated carbocycles. The maximum Gasteiger partial charge on any atom is 0.220 e. The Bertz CT molecular complexity index is 1040. The number of carbonyl (C=O) groups is 1. The molecule has 2 atom stereocenters. The lowest BCUT2D eigenvalue weighted by Gasteiger charge is -2.19. The fourth-order valence-electron chi connectivity index (χ4n) is 9.86. The molecule has 0 spiro atoms. The van der Waals surface area contributed by atoms with E-state index in [1.807, 2.05) is 6.08 Å². The molecule has 0 radical (unpaired) electrons. The van der Waals surface area contributed by atoms with Crippen LogP contribution in [-0.4, -0.2) is 34.9 Å². The maximum absolute atomic E-state index is 12.5. The van der Waals surface area contributed by atoms with Crippen LogP contribution in [0.1, 0.15) is 348 Å². The highest BCUT2D eigenvalue weighted by Gasteiger charge is 2.18. The number of unbranched alkanes of at least 4 members (excludes halogenated alkanes) is 47. The van der Waals surface area contributed by atoms with Gasteiger partial charge in [0, 0.05) is 6.42 Å². The van der Waals surface area contributed by atoms with Gasteiger partial charge in [-0.25, -0.2) is 0 Å². The predicted molar refractivity (Wildman–Crippen MR) is 304 cm³/mol. The topological polar surface area (TPSA) is 69.6 Å². The van der Waals surface area contributed by atoms with Crippen molar-refractivity contribution >= 4 is 5.91 Å². The molecule has 3 N–H and O–H groups in total. The molecule has 0 bridgehead atoms. The summed E-state index contributed by atoms with van der Waals surface area (Å²) >= 11 is 0. The third-order valence-electron chi connectivity index (χ3n) is 14.6. The summed E-state index contributed by atoms with van der Waals surface area (Å²) in [5.74, 6) is -0.0708. The van der Waals surface area contributed by atoms with Crippen LogP contribution in [0.3, 0.4) is 0 Å². The van der Waals surface area contributed by atoms with Crippen LogP contribution in [0, 0.1) is 0 Å². The van der Waals surface area contributed by atoms with Gasteiger partial charge in [0.15, 0.2) is 0 Å². The molecule has 68 heavy (non-hydrogen) atoms. The Hall–Kier alpha value is -1.39. The molecule has 0 fully saturated rings. The fraction of sp³-hybridized carbons (Fsp3) is 0.891. The maximum atomic E-state index is 12.5. The van der Waals surface area contributed by atoms with Crippen LogP contribution in [0.25, 0.3) is 0 Å². The second kappa shape index (κ2) is 59.9. The fourth-order valence-corrected chi connectivity index (χ4v) is 9.86. The number of nitrogens with one attached hydrogen (secondary N) is 1. The number of rotatable bonds is 58. The Labute approximate surface area is 427 Å². The second-order valence-corrected chi connectivity index (χ2v) is 21.5. The van der Waals surface area contributed by atoms with Gasteiger partial charge in [-0.1, -0.05) is 333 Å². The number of hydrogen-bond donors (Lipinski definition) is 3. The number of amides is 1. The Balaban J connectivity index is 3.50. The lowest BCUT2D eigenvalue weighted by molar-refractivity contribution is -0.123. The molecular formula is C64H123NO3. The Morgan fingerprint density at radius 1 is 0.338 bits per heavy atom. The summed E-state index contributed by atoms with van der Waals surface area (Å²) in [5.41, 5.74) is 0. The molecule has 4 nitrogen and oxygen atoms in total. The van der Waals surface area contributed by atoms with E-state index < -0.39 is 12.1 Å². The van der Waals surface area contributed by atoms with Crippen LogP contribution >= 0.6 is 0 Å². The van der Waals surface area contributed by atoms with Crippen LogP contribution < -0.4 is 5.32 Å². The summed E-state index contributed by atoms with van der Waals surface area (Å²) in [6.07, 6.45) is 82.0. The molecule has 1 amide bonds. The van der Waals surface area contributed by atoms with Crippen molar-refractivity contribution in [3.63, 3.8) is 0 Å². The van der Waals surface area contributed by atoms with Crippen molar-refractivity contribution in [3.05, 3.63) is 36.5 Å². The first-order valence-corrected chi connectivity index (χ1v) is 31.2. The third-order valence-corrected chi connectivity index (χ3v) is 14.6. The lowest BCUT2D eigenvalue weighted by Crippen LogP contribution is -2.45. The van der Waals surface area contributed by atoms with E-state index in [0.29, 0.717) is 6.42 Å². The van der Waals surface area contributed by atoms with E-state index >= 15 is 0 Å². The molecule has 0 heterocycles. The average Bonchev–Trinajstić information content (AvgIpc) is 3.34. The Kier molecular flexibility index (Phi) is 58.7. The zero-order valence-electron chi connectivity index (χ0n) is 46.4. The zero-order chi connectivity index (χ0) is 49.2. The molecule has 2 unspecified atom stereocenters. The van der Waals surface area contributed by atoms with Crippen molar-refractivity contribution in [2.75, 3.05) is 6.61 Å². The highest BCUT2D eigenvalue weighted by molar-refractivity contribution is 5.76. The summed E-state index contributed by atoms with van der Waals surface area (Å²) in [6.45, 7) is 4.34. The van der Waals surface area contributed by atoms with Crippen molar-refractivity contribution in [1.29, 1.82) is 0 Å². The molecule has 0 rings (SSSR count). The minimum absolute atomic E-state index is 0.0708. The normalized spacial score (nSPS) is 12.9. The van der Waals surface area contributed by atoms with E-state index in [0.717, 1.165) is 38.5 Å². The first-order valence-electron chi connectivity index (χ1n) is 31.2. The van der Waals surface area contributed by atoms with E-state index in [9.17, 15) is 15.0 Å². The summed E-state index contributed by atoms with van der Waals surface area (Å²) in [6, 6.07) is -0.645. The molecule has 402 valence electrons. The molecule has 0 aliphatic heterocycles. The summed E-state index contributed by atoms with van der Waals surface area (Å²) < 4.78 is 0. The number of aliphatic hydroxyl groups is 2. The highest BCUT2D eigenvalue weighted by atomic mass is 16.3. The van der Waals surface area contributed by atoms with Gasteiger partial charge in [-0.2, -0.15) is 0 Å². The largest absolute Gasteiger partial charge is 0.394 e. The lowest BCUT2D eigenvalue weighted by atomic mass is 10.0. The van der Waals surface area contributed by atoms with Gasteiger partial charge in [0.25, 0.3) is 0 Å². The van der Waals surface area contributed by atoms with Crippen LogP contribution in [0.4, 0.5) is 0 Å². The van der Waals surface area contributed by atoms with Gasteiger partial charge >= 0.3 is 0 Å². The average molecular weight is 955 g/mol. The van der Waals surface area contributed by atoms with Crippen LogP contribution in [-0.2, 0) is 4.79 Å². The Morgan fingerprint density at radius 2 is 0.574 bits per heavy atom. The van der Waals surface area contributed by atoms with E-state index in [4.69, 9.17) is 0 Å². The Morgan fingerprint density at radius 3 is 0.853 bits per heavy atom. The molecule has 0 saturated heterocycles. The molecule has 0 aliphatic carbocycles. The zero-order valence-corrected chi connectivity index (χ0v) is 46.4. The predicted octanol–water partition coefficient (Wildman–Crippen LogP) is 20.8. The van der Waals surface area contributed by atoms with Gasteiger partial charge in [-0.05, 0) is 44.9 Å². The second-order valence-electron chi connectivity index (χ2n) is 21.5. The van der Waals surface area contributed by atoms with Crippen LogP contribution in [0.2, 0.25) is 0 Å². The third kappa shape index (κ3) is 55.5. The monoisotopic (exact) mass is 954 g/mol. The van der Waals surface area contributed by atoms with Gasteiger partial charge in [0.05, 0.1) is 18.8 Å². The molecule has 0 aromatic heterocycles. The summed E-state index contributed by atoms with van der Waals surface area (Å²) in [7, 11) is 0. The van der Waals surface area contributed by atoms with Crippen molar-refractivity contribution in [1.82, 2.24) is 5.32 Å².